The third-order valence-electron chi connectivity index (χ3n) is 4.14. The average molecular weight is 317 g/mol. The minimum atomic E-state index is -0.729. The Morgan fingerprint density at radius 1 is 1.26 bits per heavy atom. The lowest BCUT2D eigenvalue weighted by atomic mass is 9.96. The van der Waals surface area contributed by atoms with Crippen LogP contribution in [0.15, 0.2) is 12.1 Å². The van der Waals surface area contributed by atoms with Crippen LogP contribution in [0.3, 0.4) is 0 Å². The van der Waals surface area contributed by atoms with E-state index in [1.807, 2.05) is 53.7 Å². The lowest BCUT2D eigenvalue weighted by Gasteiger charge is -2.40. The molecule has 0 spiro atoms. The van der Waals surface area contributed by atoms with Gasteiger partial charge in [-0.3, -0.25) is 14.5 Å². The van der Waals surface area contributed by atoms with E-state index in [1.165, 1.54) is 0 Å². The summed E-state index contributed by atoms with van der Waals surface area (Å²) in [6.45, 7) is 12.5. The van der Waals surface area contributed by atoms with E-state index in [0.717, 1.165) is 22.5 Å². The molecular formula is C18H27N3O2. The molecule has 1 aliphatic rings. The number of fused-ring (bicyclic) bond motifs is 1. The summed E-state index contributed by atoms with van der Waals surface area (Å²) in [6, 6.07) is 4.01. The largest absolute Gasteiger partial charge is 0.370 e. The molecule has 0 saturated heterocycles. The van der Waals surface area contributed by atoms with Crippen molar-refractivity contribution in [3.05, 3.63) is 23.3 Å². The number of anilines is 2. The molecule has 1 heterocycles. The van der Waals surface area contributed by atoms with Crippen LogP contribution in [0, 0.1) is 19.8 Å². The van der Waals surface area contributed by atoms with Gasteiger partial charge in [0.05, 0.1) is 11.4 Å². The number of nitrogens with one attached hydrogen (secondary N) is 2. The smallest absolute Gasteiger partial charge is 0.252 e. The molecule has 1 aromatic carbocycles. The highest BCUT2D eigenvalue weighted by molar-refractivity contribution is 6.10. The van der Waals surface area contributed by atoms with Gasteiger partial charge in [-0.25, -0.2) is 0 Å². The minimum absolute atomic E-state index is 0.0478. The Labute approximate surface area is 138 Å². The number of hydrogen-bond donors (Lipinski definition) is 2. The summed E-state index contributed by atoms with van der Waals surface area (Å²) in [4.78, 5) is 26.6. The number of amides is 2. The van der Waals surface area contributed by atoms with Crippen LogP contribution in [0.25, 0.3) is 0 Å². The molecule has 23 heavy (non-hydrogen) atoms. The van der Waals surface area contributed by atoms with Crippen LogP contribution in [0.1, 0.15) is 38.8 Å². The molecule has 5 heteroatoms. The van der Waals surface area contributed by atoms with E-state index >= 15 is 0 Å². The molecule has 126 valence electrons. The molecule has 0 unspecified atom stereocenters. The van der Waals surface area contributed by atoms with Gasteiger partial charge in [0, 0.05) is 6.54 Å². The fourth-order valence-corrected chi connectivity index (χ4v) is 2.64. The average Bonchev–Trinajstić information content (AvgIpc) is 2.44. The summed E-state index contributed by atoms with van der Waals surface area (Å²) in [6.07, 6.45) is 0. The Hall–Kier alpha value is -2.04. The molecule has 0 bridgehead atoms. The summed E-state index contributed by atoms with van der Waals surface area (Å²) in [5.74, 6) is 0.160. The van der Waals surface area contributed by atoms with Crippen molar-refractivity contribution < 1.29 is 9.59 Å². The van der Waals surface area contributed by atoms with Crippen LogP contribution in [0.5, 0.6) is 0 Å². The summed E-state index contributed by atoms with van der Waals surface area (Å²) < 4.78 is 0. The van der Waals surface area contributed by atoms with E-state index < -0.39 is 5.54 Å². The Morgan fingerprint density at radius 2 is 1.87 bits per heavy atom. The van der Waals surface area contributed by atoms with Crippen LogP contribution in [0.4, 0.5) is 11.4 Å². The van der Waals surface area contributed by atoms with Crippen molar-refractivity contribution in [3.8, 4) is 0 Å². The number of nitrogens with zero attached hydrogens (tertiary/aromatic N) is 1. The Balaban J connectivity index is 2.32. The zero-order valence-corrected chi connectivity index (χ0v) is 14.9. The van der Waals surface area contributed by atoms with Gasteiger partial charge in [0.15, 0.2) is 0 Å². The maximum atomic E-state index is 12.8. The third-order valence-corrected chi connectivity index (χ3v) is 4.14. The van der Waals surface area contributed by atoms with Crippen LogP contribution in [-0.4, -0.2) is 30.4 Å². The maximum absolute atomic E-state index is 12.8. The highest BCUT2D eigenvalue weighted by Gasteiger charge is 2.39. The Kier molecular flexibility index (Phi) is 4.68. The van der Waals surface area contributed by atoms with E-state index in [4.69, 9.17) is 0 Å². The highest BCUT2D eigenvalue weighted by Crippen LogP contribution is 2.37. The van der Waals surface area contributed by atoms with Crippen LogP contribution in [0.2, 0.25) is 0 Å². The van der Waals surface area contributed by atoms with Crippen LogP contribution < -0.4 is 15.5 Å². The molecule has 0 radical (unpaired) electrons. The molecular weight excluding hydrogens is 290 g/mol. The van der Waals surface area contributed by atoms with Crippen molar-refractivity contribution in [1.29, 1.82) is 0 Å². The first-order valence-electron chi connectivity index (χ1n) is 8.10. The Morgan fingerprint density at radius 3 is 2.48 bits per heavy atom. The lowest BCUT2D eigenvalue weighted by Crippen LogP contribution is -2.56. The van der Waals surface area contributed by atoms with Crippen LogP contribution in [-0.2, 0) is 9.59 Å². The minimum Gasteiger partial charge on any atom is -0.370 e. The molecule has 0 saturated carbocycles. The standard InChI is InChI=1S/C18H27N3O2/c1-11(2)9-19-16(22)10-21-15-8-13(4)12(3)7-14(15)20-18(5,6)17(21)23/h7-8,11,20H,9-10H2,1-6H3,(H,19,22). The second-order valence-electron chi connectivity index (χ2n) is 7.29. The van der Waals surface area contributed by atoms with E-state index in [-0.39, 0.29) is 18.4 Å². The van der Waals surface area contributed by atoms with Gasteiger partial charge < -0.3 is 10.6 Å². The molecule has 2 N–H and O–H groups in total. The van der Waals surface area contributed by atoms with Crippen molar-refractivity contribution in [3.63, 3.8) is 0 Å². The molecule has 0 fully saturated rings. The summed E-state index contributed by atoms with van der Waals surface area (Å²) in [5, 5.41) is 6.17. The maximum Gasteiger partial charge on any atom is 0.252 e. The first kappa shape index (κ1) is 17.3. The molecule has 0 atom stereocenters. The second kappa shape index (κ2) is 6.22. The monoisotopic (exact) mass is 317 g/mol. The number of carbonyl (C=O) groups is 2. The molecule has 1 aromatic rings. The lowest BCUT2D eigenvalue weighted by molar-refractivity contribution is -0.125. The van der Waals surface area contributed by atoms with E-state index in [9.17, 15) is 9.59 Å². The fourth-order valence-electron chi connectivity index (χ4n) is 2.64. The van der Waals surface area contributed by atoms with Crippen LogP contribution >= 0.6 is 0 Å². The summed E-state index contributed by atoms with van der Waals surface area (Å²) >= 11 is 0. The number of aryl methyl sites for hydroxylation is 2. The zero-order valence-electron chi connectivity index (χ0n) is 14.9. The number of rotatable bonds is 4. The van der Waals surface area contributed by atoms with Crippen molar-refractivity contribution in [2.45, 2.75) is 47.1 Å². The summed E-state index contributed by atoms with van der Waals surface area (Å²) in [7, 11) is 0. The van der Waals surface area contributed by atoms with Gasteiger partial charge >= 0.3 is 0 Å². The second-order valence-corrected chi connectivity index (χ2v) is 7.29. The van der Waals surface area contributed by atoms with E-state index in [0.29, 0.717) is 12.5 Å². The number of hydrogen-bond acceptors (Lipinski definition) is 3. The van der Waals surface area contributed by atoms with Crippen molar-refractivity contribution in [2.75, 3.05) is 23.3 Å². The molecule has 0 aliphatic carbocycles. The molecule has 2 amide bonds. The predicted octanol–water partition coefficient (Wildman–Crippen LogP) is 2.61. The van der Waals surface area contributed by atoms with Crippen molar-refractivity contribution in [2.24, 2.45) is 5.92 Å². The molecule has 1 aliphatic heterocycles. The number of carbonyl (C=O) groups excluding carboxylic acids is 2. The van der Waals surface area contributed by atoms with Gasteiger partial charge in [-0.15, -0.1) is 0 Å². The van der Waals surface area contributed by atoms with Gasteiger partial charge in [0.25, 0.3) is 5.91 Å². The third kappa shape index (κ3) is 3.66. The highest BCUT2D eigenvalue weighted by atomic mass is 16.2. The van der Waals surface area contributed by atoms with Gasteiger partial charge in [0.1, 0.15) is 12.1 Å². The molecule has 5 nitrogen and oxygen atoms in total. The predicted molar refractivity (Wildman–Crippen MR) is 93.8 cm³/mol. The molecule has 2 rings (SSSR count). The van der Waals surface area contributed by atoms with Gasteiger partial charge in [-0.1, -0.05) is 13.8 Å². The first-order valence-corrected chi connectivity index (χ1v) is 8.10. The van der Waals surface area contributed by atoms with E-state index in [1.54, 1.807) is 4.90 Å². The topological polar surface area (TPSA) is 61.4 Å². The van der Waals surface area contributed by atoms with Crippen molar-refractivity contribution >= 4 is 23.2 Å². The molecule has 0 aromatic heterocycles. The zero-order chi connectivity index (χ0) is 17.4. The van der Waals surface area contributed by atoms with Crippen molar-refractivity contribution in [1.82, 2.24) is 5.32 Å². The van der Waals surface area contributed by atoms with Gasteiger partial charge in [-0.2, -0.15) is 0 Å². The quantitative estimate of drug-likeness (QED) is 0.897. The fraction of sp³-hybridized carbons (Fsp3) is 0.556. The van der Waals surface area contributed by atoms with Gasteiger partial charge in [0.2, 0.25) is 5.91 Å². The SMILES string of the molecule is Cc1cc2c(cc1C)N(CC(=O)NCC(C)C)C(=O)C(C)(C)N2. The number of benzene rings is 1. The summed E-state index contributed by atoms with van der Waals surface area (Å²) in [5.41, 5.74) is 3.20. The normalized spacial score (nSPS) is 16.1. The van der Waals surface area contributed by atoms with E-state index in [2.05, 4.69) is 10.6 Å². The van der Waals surface area contributed by atoms with Gasteiger partial charge in [-0.05, 0) is 56.9 Å². The first-order chi connectivity index (χ1) is 10.6. The Bertz CT molecular complexity index is 635.